The van der Waals surface area contributed by atoms with E-state index in [4.69, 9.17) is 0 Å². The summed E-state index contributed by atoms with van der Waals surface area (Å²) in [4.78, 5) is 14.4. The van der Waals surface area contributed by atoms with Crippen LogP contribution in [0, 0.1) is 17.6 Å². The normalized spacial score (nSPS) is 15.0. The summed E-state index contributed by atoms with van der Waals surface area (Å²) in [5.74, 6) is -0.936. The lowest BCUT2D eigenvalue weighted by Crippen LogP contribution is -2.42. The number of halogens is 2. The zero-order chi connectivity index (χ0) is 17.1. The van der Waals surface area contributed by atoms with Crippen molar-refractivity contribution in [2.75, 3.05) is 5.32 Å². The van der Waals surface area contributed by atoms with Gasteiger partial charge in [0, 0.05) is 24.3 Å². The molecule has 2 amide bonds. The number of nitrogens with one attached hydrogen (secondary N) is 1. The van der Waals surface area contributed by atoms with Gasteiger partial charge in [-0.25, -0.2) is 13.6 Å². The van der Waals surface area contributed by atoms with E-state index in [2.05, 4.69) is 5.32 Å². The van der Waals surface area contributed by atoms with Gasteiger partial charge < -0.3 is 10.2 Å². The number of carbonyl (C=O) groups excluding carboxylic acids is 1. The second-order valence-electron chi connectivity index (χ2n) is 6.28. The molecule has 2 aromatic carbocycles. The molecule has 24 heavy (non-hydrogen) atoms. The van der Waals surface area contributed by atoms with Crippen molar-refractivity contribution >= 4 is 11.7 Å². The number of hydrogen-bond donors (Lipinski definition) is 1. The van der Waals surface area contributed by atoms with Gasteiger partial charge in [-0.05, 0) is 43.4 Å². The number of anilines is 1. The second-order valence-corrected chi connectivity index (χ2v) is 6.28. The lowest BCUT2D eigenvalue weighted by atomic mass is 10.1. The molecule has 126 valence electrons. The highest BCUT2D eigenvalue weighted by Gasteiger charge is 2.34. The first-order chi connectivity index (χ1) is 11.5. The van der Waals surface area contributed by atoms with Gasteiger partial charge in [-0.15, -0.1) is 0 Å². The van der Waals surface area contributed by atoms with E-state index < -0.39 is 11.6 Å². The van der Waals surface area contributed by atoms with Crippen LogP contribution in [-0.2, 0) is 6.54 Å². The fourth-order valence-electron chi connectivity index (χ4n) is 2.84. The maximum atomic E-state index is 13.3. The van der Waals surface area contributed by atoms with E-state index in [9.17, 15) is 13.6 Å². The largest absolute Gasteiger partial charge is 0.322 e. The maximum absolute atomic E-state index is 13.3. The first-order valence-corrected chi connectivity index (χ1v) is 8.10. The molecule has 0 radical (unpaired) electrons. The van der Waals surface area contributed by atoms with Crippen LogP contribution in [0.15, 0.2) is 48.5 Å². The van der Waals surface area contributed by atoms with Crippen molar-refractivity contribution in [1.29, 1.82) is 0 Å². The Balaban J connectivity index is 1.77. The minimum absolute atomic E-state index is 0.0728. The predicted octanol–water partition coefficient (Wildman–Crippen LogP) is 4.80. The molecule has 1 unspecified atom stereocenters. The van der Waals surface area contributed by atoms with Gasteiger partial charge >= 0.3 is 6.03 Å². The van der Waals surface area contributed by atoms with Crippen molar-refractivity contribution in [3.05, 3.63) is 65.7 Å². The first kappa shape index (κ1) is 16.4. The van der Waals surface area contributed by atoms with Gasteiger partial charge in [-0.3, -0.25) is 0 Å². The summed E-state index contributed by atoms with van der Waals surface area (Å²) in [6.45, 7) is 2.48. The van der Waals surface area contributed by atoms with E-state index in [1.807, 2.05) is 37.3 Å². The Bertz CT molecular complexity index is 696. The standard InChI is InChI=1S/C19H20F2N2O/c1-13(15-7-8-15)23(12-14-5-3-2-4-6-14)19(24)22-18-10-16(20)9-17(21)11-18/h2-6,9-11,13,15H,7-8,12H2,1H3,(H,22,24). The lowest BCUT2D eigenvalue weighted by Gasteiger charge is -2.29. The Morgan fingerprint density at radius 1 is 1.17 bits per heavy atom. The summed E-state index contributed by atoms with van der Waals surface area (Å²) < 4.78 is 26.6. The van der Waals surface area contributed by atoms with Gasteiger partial charge in [0.05, 0.1) is 0 Å². The van der Waals surface area contributed by atoms with Crippen LogP contribution in [0.3, 0.4) is 0 Å². The summed E-state index contributed by atoms with van der Waals surface area (Å²) in [6, 6.07) is 12.4. The van der Waals surface area contributed by atoms with Gasteiger partial charge in [0.1, 0.15) is 11.6 Å². The smallest absolute Gasteiger partial charge is 0.317 e. The molecule has 1 N–H and O–H groups in total. The van der Waals surface area contributed by atoms with Crippen LogP contribution in [0.5, 0.6) is 0 Å². The Labute approximate surface area is 140 Å². The number of urea groups is 1. The molecule has 0 saturated heterocycles. The Morgan fingerprint density at radius 3 is 2.38 bits per heavy atom. The maximum Gasteiger partial charge on any atom is 0.322 e. The highest BCUT2D eigenvalue weighted by atomic mass is 19.1. The number of nitrogens with zero attached hydrogens (tertiary/aromatic N) is 1. The number of rotatable bonds is 5. The molecule has 3 nitrogen and oxygen atoms in total. The highest BCUT2D eigenvalue weighted by molar-refractivity contribution is 5.89. The molecule has 5 heteroatoms. The Morgan fingerprint density at radius 2 is 1.79 bits per heavy atom. The monoisotopic (exact) mass is 330 g/mol. The average molecular weight is 330 g/mol. The SMILES string of the molecule is CC(C1CC1)N(Cc1ccccc1)C(=O)Nc1cc(F)cc(F)c1. The summed E-state index contributed by atoms with van der Waals surface area (Å²) >= 11 is 0. The van der Waals surface area contributed by atoms with Crippen LogP contribution in [0.1, 0.15) is 25.3 Å². The predicted molar refractivity (Wildman–Crippen MR) is 89.5 cm³/mol. The Hall–Kier alpha value is -2.43. The average Bonchev–Trinajstić information content (AvgIpc) is 3.36. The van der Waals surface area contributed by atoms with Crippen LogP contribution in [0.2, 0.25) is 0 Å². The molecule has 1 fully saturated rings. The van der Waals surface area contributed by atoms with Gasteiger partial charge in [0.2, 0.25) is 0 Å². The van der Waals surface area contributed by atoms with Crippen LogP contribution in [-0.4, -0.2) is 17.0 Å². The number of benzene rings is 2. The lowest BCUT2D eigenvalue weighted by molar-refractivity contribution is 0.181. The quantitative estimate of drug-likeness (QED) is 0.839. The minimum atomic E-state index is -0.713. The van der Waals surface area contributed by atoms with Crippen molar-refractivity contribution in [2.24, 2.45) is 5.92 Å². The van der Waals surface area contributed by atoms with Gasteiger partial charge in [0.25, 0.3) is 0 Å². The second kappa shape index (κ2) is 6.99. The van der Waals surface area contributed by atoms with E-state index in [1.165, 1.54) is 0 Å². The third kappa shape index (κ3) is 4.10. The highest BCUT2D eigenvalue weighted by Crippen LogP contribution is 2.36. The van der Waals surface area contributed by atoms with E-state index in [0.717, 1.165) is 36.6 Å². The van der Waals surface area contributed by atoms with Crippen LogP contribution < -0.4 is 5.32 Å². The van der Waals surface area contributed by atoms with Gasteiger partial charge in [-0.2, -0.15) is 0 Å². The third-order valence-electron chi connectivity index (χ3n) is 4.37. The molecule has 1 aliphatic carbocycles. The number of hydrogen-bond acceptors (Lipinski definition) is 1. The molecule has 0 aliphatic heterocycles. The fraction of sp³-hybridized carbons (Fsp3) is 0.316. The summed E-state index contributed by atoms with van der Waals surface area (Å²) in [5, 5.41) is 2.61. The minimum Gasteiger partial charge on any atom is -0.317 e. The first-order valence-electron chi connectivity index (χ1n) is 8.10. The summed E-state index contributed by atoms with van der Waals surface area (Å²) in [6.07, 6.45) is 2.21. The molecule has 0 aromatic heterocycles. The molecule has 1 aliphatic rings. The molecule has 3 rings (SSSR count). The molecule has 1 atom stereocenters. The topological polar surface area (TPSA) is 32.3 Å². The third-order valence-corrected chi connectivity index (χ3v) is 4.37. The molecular formula is C19H20F2N2O. The van der Waals surface area contributed by atoms with Gasteiger partial charge in [0.15, 0.2) is 0 Å². The van der Waals surface area contributed by atoms with Crippen LogP contribution >= 0.6 is 0 Å². The Kier molecular flexibility index (Phi) is 4.79. The van der Waals surface area contributed by atoms with Crippen molar-refractivity contribution < 1.29 is 13.6 Å². The van der Waals surface area contributed by atoms with E-state index in [0.29, 0.717) is 12.5 Å². The van der Waals surface area contributed by atoms with E-state index in [1.54, 1.807) is 4.90 Å². The van der Waals surface area contributed by atoms with E-state index >= 15 is 0 Å². The summed E-state index contributed by atoms with van der Waals surface area (Å²) in [7, 11) is 0. The van der Waals surface area contributed by atoms with Gasteiger partial charge in [-0.1, -0.05) is 30.3 Å². The fourth-order valence-corrected chi connectivity index (χ4v) is 2.84. The molecule has 1 saturated carbocycles. The molecular weight excluding hydrogens is 310 g/mol. The van der Waals surface area contributed by atoms with Crippen molar-refractivity contribution in [1.82, 2.24) is 4.90 Å². The molecule has 0 heterocycles. The zero-order valence-corrected chi connectivity index (χ0v) is 13.5. The zero-order valence-electron chi connectivity index (χ0n) is 13.5. The van der Waals surface area contributed by atoms with Crippen LogP contribution in [0.4, 0.5) is 19.3 Å². The molecule has 0 bridgehead atoms. The molecule has 2 aromatic rings. The number of amides is 2. The van der Waals surface area contributed by atoms with Crippen LogP contribution in [0.25, 0.3) is 0 Å². The van der Waals surface area contributed by atoms with E-state index in [-0.39, 0.29) is 17.8 Å². The van der Waals surface area contributed by atoms with Crippen molar-refractivity contribution in [3.63, 3.8) is 0 Å². The summed E-state index contributed by atoms with van der Waals surface area (Å²) in [5.41, 5.74) is 1.14. The van der Waals surface area contributed by atoms with Crippen molar-refractivity contribution in [3.8, 4) is 0 Å². The van der Waals surface area contributed by atoms with Crippen molar-refractivity contribution in [2.45, 2.75) is 32.4 Å². The molecule has 0 spiro atoms. The number of carbonyl (C=O) groups is 1.